The monoisotopic (exact) mass is 324 g/mol. The Morgan fingerprint density at radius 3 is 2.55 bits per heavy atom. The van der Waals surface area contributed by atoms with E-state index in [1.807, 2.05) is 6.92 Å². The number of hydrogen-bond acceptors (Lipinski definition) is 4. The van der Waals surface area contributed by atoms with Crippen molar-refractivity contribution < 1.29 is 14.7 Å². The normalized spacial score (nSPS) is 22.5. The number of piperidine rings is 1. The zero-order valence-corrected chi connectivity index (χ0v) is 14.2. The van der Waals surface area contributed by atoms with Crippen LogP contribution in [0.1, 0.15) is 42.4 Å². The number of rotatable bonds is 5. The Kier molecular flexibility index (Phi) is 5.58. The predicted octanol–water partition coefficient (Wildman–Crippen LogP) is 2.93. The Morgan fingerprint density at radius 1 is 1.36 bits per heavy atom. The van der Waals surface area contributed by atoms with Crippen LogP contribution in [0.4, 0.5) is 5.00 Å². The molecule has 0 aromatic carbocycles. The maximum absolute atomic E-state index is 12.2. The number of carbonyl (C=O) groups is 2. The van der Waals surface area contributed by atoms with Crippen LogP contribution in [0.2, 0.25) is 0 Å². The Hall–Kier alpha value is -1.40. The van der Waals surface area contributed by atoms with E-state index in [0.29, 0.717) is 23.4 Å². The van der Waals surface area contributed by atoms with Gasteiger partial charge in [-0.2, -0.15) is 0 Å². The van der Waals surface area contributed by atoms with Gasteiger partial charge < -0.3 is 10.4 Å². The van der Waals surface area contributed by atoms with Crippen molar-refractivity contribution in [3.05, 3.63) is 16.5 Å². The standard InChI is InChI=1S/C16H24N2O3S/c1-4-12-6-13(16(20)21)15(22-12)17-14(19)9-18-7-10(2)5-11(3)8-18/h6,10-11H,4-5,7-9H2,1-3H3,(H,17,19)(H,20,21). The van der Waals surface area contributed by atoms with Crippen molar-refractivity contribution in [2.45, 2.75) is 33.6 Å². The summed E-state index contributed by atoms with van der Waals surface area (Å²) in [6.45, 7) is 8.56. The zero-order valence-electron chi connectivity index (χ0n) is 13.4. The molecule has 1 amide bonds. The maximum Gasteiger partial charge on any atom is 0.338 e. The van der Waals surface area contributed by atoms with Crippen LogP contribution >= 0.6 is 11.3 Å². The molecule has 6 heteroatoms. The molecule has 0 radical (unpaired) electrons. The van der Waals surface area contributed by atoms with Gasteiger partial charge in [-0.25, -0.2) is 4.79 Å². The lowest BCUT2D eigenvalue weighted by Gasteiger charge is -2.34. The van der Waals surface area contributed by atoms with Gasteiger partial charge in [-0.15, -0.1) is 11.3 Å². The number of carboxylic acids is 1. The third-order valence-electron chi connectivity index (χ3n) is 3.93. The minimum atomic E-state index is -0.994. The van der Waals surface area contributed by atoms with Gasteiger partial charge in [0.15, 0.2) is 0 Å². The van der Waals surface area contributed by atoms with Crippen molar-refractivity contribution in [3.63, 3.8) is 0 Å². The van der Waals surface area contributed by atoms with E-state index in [4.69, 9.17) is 0 Å². The molecule has 22 heavy (non-hydrogen) atoms. The molecule has 1 saturated heterocycles. The highest BCUT2D eigenvalue weighted by atomic mass is 32.1. The summed E-state index contributed by atoms with van der Waals surface area (Å²) in [4.78, 5) is 26.6. The van der Waals surface area contributed by atoms with Crippen molar-refractivity contribution in [1.29, 1.82) is 0 Å². The van der Waals surface area contributed by atoms with Crippen LogP contribution in [0.3, 0.4) is 0 Å². The van der Waals surface area contributed by atoms with Crippen molar-refractivity contribution >= 4 is 28.2 Å². The van der Waals surface area contributed by atoms with Crippen molar-refractivity contribution in [2.75, 3.05) is 25.0 Å². The Labute approximate surface area is 135 Å². The van der Waals surface area contributed by atoms with Crippen LogP contribution in [0, 0.1) is 11.8 Å². The molecule has 2 atom stereocenters. The molecule has 0 aliphatic carbocycles. The molecular formula is C16H24N2O3S. The highest BCUT2D eigenvalue weighted by Crippen LogP contribution is 2.29. The quantitative estimate of drug-likeness (QED) is 0.874. The predicted molar refractivity (Wildman–Crippen MR) is 88.7 cm³/mol. The van der Waals surface area contributed by atoms with E-state index in [9.17, 15) is 14.7 Å². The number of nitrogens with zero attached hydrogens (tertiary/aromatic N) is 1. The second-order valence-electron chi connectivity index (χ2n) is 6.30. The van der Waals surface area contributed by atoms with Gasteiger partial charge in [0.25, 0.3) is 0 Å². The lowest BCUT2D eigenvalue weighted by atomic mass is 9.92. The van der Waals surface area contributed by atoms with Crippen LogP contribution in [-0.2, 0) is 11.2 Å². The molecule has 2 heterocycles. The van der Waals surface area contributed by atoms with Gasteiger partial charge in [-0.3, -0.25) is 9.69 Å². The van der Waals surface area contributed by atoms with E-state index in [2.05, 4.69) is 24.1 Å². The largest absolute Gasteiger partial charge is 0.478 e. The number of likely N-dealkylation sites (tertiary alicyclic amines) is 1. The van der Waals surface area contributed by atoms with Crippen LogP contribution < -0.4 is 5.32 Å². The first-order valence-electron chi connectivity index (χ1n) is 7.77. The van der Waals surface area contributed by atoms with Gasteiger partial charge in [0, 0.05) is 18.0 Å². The Morgan fingerprint density at radius 2 is 2.00 bits per heavy atom. The molecule has 5 nitrogen and oxygen atoms in total. The first-order chi connectivity index (χ1) is 10.4. The number of anilines is 1. The smallest absolute Gasteiger partial charge is 0.338 e. The molecule has 122 valence electrons. The number of amides is 1. The third kappa shape index (κ3) is 4.30. The fraction of sp³-hybridized carbons (Fsp3) is 0.625. The molecular weight excluding hydrogens is 300 g/mol. The minimum absolute atomic E-state index is 0.131. The van der Waals surface area contributed by atoms with Crippen LogP contribution in [0.5, 0.6) is 0 Å². The number of aromatic carboxylic acids is 1. The average molecular weight is 324 g/mol. The Balaban J connectivity index is 2.00. The SMILES string of the molecule is CCc1cc(C(=O)O)c(NC(=O)CN2CC(C)CC(C)C2)s1. The highest BCUT2D eigenvalue weighted by molar-refractivity contribution is 7.16. The zero-order chi connectivity index (χ0) is 16.3. The summed E-state index contributed by atoms with van der Waals surface area (Å²) in [6, 6.07) is 1.65. The van der Waals surface area contributed by atoms with Crippen molar-refractivity contribution in [2.24, 2.45) is 11.8 Å². The second-order valence-corrected chi connectivity index (χ2v) is 7.44. The molecule has 0 saturated carbocycles. The van der Waals surface area contributed by atoms with Crippen molar-refractivity contribution in [1.82, 2.24) is 4.90 Å². The molecule has 2 N–H and O–H groups in total. The summed E-state index contributed by atoms with van der Waals surface area (Å²) in [5.41, 5.74) is 0.190. The van der Waals surface area contributed by atoms with Crippen LogP contribution in [-0.4, -0.2) is 41.5 Å². The molecule has 1 aliphatic heterocycles. The fourth-order valence-electron chi connectivity index (χ4n) is 3.16. The molecule has 2 unspecified atom stereocenters. The number of thiophene rings is 1. The van der Waals surface area contributed by atoms with E-state index in [-0.39, 0.29) is 11.5 Å². The lowest BCUT2D eigenvalue weighted by molar-refractivity contribution is -0.117. The first-order valence-corrected chi connectivity index (χ1v) is 8.58. The molecule has 0 spiro atoms. The number of carboxylic acid groups (broad SMARTS) is 1. The average Bonchev–Trinajstić information content (AvgIpc) is 2.80. The molecule has 1 aliphatic rings. The first kappa shape index (κ1) is 17.0. The number of hydrogen-bond donors (Lipinski definition) is 2. The van der Waals surface area contributed by atoms with E-state index in [0.717, 1.165) is 24.4 Å². The molecule has 1 fully saturated rings. The lowest BCUT2D eigenvalue weighted by Crippen LogP contribution is -2.42. The third-order valence-corrected chi connectivity index (χ3v) is 5.12. The molecule has 1 aromatic rings. The summed E-state index contributed by atoms with van der Waals surface area (Å²) in [7, 11) is 0. The van der Waals surface area contributed by atoms with E-state index in [1.165, 1.54) is 17.8 Å². The van der Waals surface area contributed by atoms with Crippen LogP contribution in [0.25, 0.3) is 0 Å². The number of aryl methyl sites for hydroxylation is 1. The fourth-order valence-corrected chi connectivity index (χ4v) is 4.16. The molecule has 1 aromatic heterocycles. The van der Waals surface area contributed by atoms with E-state index in [1.54, 1.807) is 6.07 Å². The van der Waals surface area contributed by atoms with Gasteiger partial charge in [-0.05, 0) is 30.7 Å². The maximum atomic E-state index is 12.2. The van der Waals surface area contributed by atoms with Gasteiger partial charge in [-0.1, -0.05) is 20.8 Å². The van der Waals surface area contributed by atoms with Gasteiger partial charge in [0.05, 0.1) is 12.1 Å². The number of carbonyl (C=O) groups excluding carboxylic acids is 1. The van der Waals surface area contributed by atoms with Crippen LogP contribution in [0.15, 0.2) is 6.07 Å². The van der Waals surface area contributed by atoms with E-state index >= 15 is 0 Å². The number of nitrogens with one attached hydrogen (secondary N) is 1. The summed E-state index contributed by atoms with van der Waals surface area (Å²) >= 11 is 1.35. The molecule has 2 rings (SSSR count). The summed E-state index contributed by atoms with van der Waals surface area (Å²) < 4.78 is 0. The summed E-state index contributed by atoms with van der Waals surface area (Å²) in [5.74, 6) is 0.0684. The van der Waals surface area contributed by atoms with Crippen molar-refractivity contribution in [3.8, 4) is 0 Å². The minimum Gasteiger partial charge on any atom is -0.478 e. The molecule has 0 bridgehead atoms. The van der Waals surface area contributed by atoms with Gasteiger partial charge >= 0.3 is 5.97 Å². The Bertz CT molecular complexity index is 546. The van der Waals surface area contributed by atoms with Gasteiger partial charge in [0.1, 0.15) is 5.00 Å². The summed E-state index contributed by atoms with van der Waals surface area (Å²) in [5, 5.41) is 12.5. The highest BCUT2D eigenvalue weighted by Gasteiger charge is 2.24. The van der Waals surface area contributed by atoms with E-state index < -0.39 is 5.97 Å². The topological polar surface area (TPSA) is 69.6 Å². The second kappa shape index (κ2) is 7.24. The summed E-state index contributed by atoms with van der Waals surface area (Å²) in [6.07, 6.45) is 1.97. The van der Waals surface area contributed by atoms with Gasteiger partial charge in [0.2, 0.25) is 5.91 Å².